The number of carboxylic acid groups (broad SMARTS) is 1. The van der Waals surface area contributed by atoms with Gasteiger partial charge in [0.15, 0.2) is 0 Å². The number of hydrogen-bond donors (Lipinski definition) is 3. The fourth-order valence-corrected chi connectivity index (χ4v) is 2.11. The van der Waals surface area contributed by atoms with E-state index < -0.39 is 5.97 Å². The molecule has 0 aliphatic carbocycles. The van der Waals surface area contributed by atoms with Gasteiger partial charge in [0.05, 0.1) is 6.42 Å². The normalized spacial score (nSPS) is 12.0. The Labute approximate surface area is 119 Å². The van der Waals surface area contributed by atoms with Crippen molar-refractivity contribution < 1.29 is 14.7 Å². The monoisotopic (exact) mass is 278 g/mol. The fourth-order valence-electron chi connectivity index (χ4n) is 2.11. The van der Waals surface area contributed by atoms with Crippen molar-refractivity contribution in [1.29, 1.82) is 0 Å². The van der Waals surface area contributed by atoms with E-state index in [2.05, 4.69) is 24.5 Å². The second-order valence-corrected chi connectivity index (χ2v) is 5.36. The molecule has 1 aromatic rings. The van der Waals surface area contributed by atoms with Gasteiger partial charge in [-0.3, -0.25) is 4.79 Å². The van der Waals surface area contributed by atoms with Crippen molar-refractivity contribution >= 4 is 17.7 Å². The van der Waals surface area contributed by atoms with Crippen molar-refractivity contribution in [2.24, 2.45) is 5.92 Å². The Hall–Kier alpha value is -2.04. The predicted molar refractivity (Wildman–Crippen MR) is 78.9 cm³/mol. The number of rotatable bonds is 6. The predicted octanol–water partition coefficient (Wildman–Crippen LogP) is 2.87. The van der Waals surface area contributed by atoms with Crippen molar-refractivity contribution in [2.45, 2.75) is 39.7 Å². The molecule has 0 fully saturated rings. The van der Waals surface area contributed by atoms with Gasteiger partial charge < -0.3 is 15.7 Å². The molecule has 0 spiro atoms. The van der Waals surface area contributed by atoms with Crippen LogP contribution in [0.3, 0.4) is 0 Å². The van der Waals surface area contributed by atoms with Crippen LogP contribution in [0, 0.1) is 5.92 Å². The SMILES string of the molecule is CC(C)CC(C)NC(=O)Nc1ccccc1CC(=O)O. The number of benzene rings is 1. The Morgan fingerprint density at radius 1 is 1.20 bits per heavy atom. The van der Waals surface area contributed by atoms with Crippen LogP contribution in [0.25, 0.3) is 0 Å². The Morgan fingerprint density at radius 3 is 2.45 bits per heavy atom. The van der Waals surface area contributed by atoms with Gasteiger partial charge in [-0.05, 0) is 30.9 Å². The Morgan fingerprint density at radius 2 is 1.85 bits per heavy atom. The number of carbonyl (C=O) groups is 2. The highest BCUT2D eigenvalue weighted by Gasteiger charge is 2.12. The highest BCUT2D eigenvalue weighted by Crippen LogP contribution is 2.15. The fraction of sp³-hybridized carbons (Fsp3) is 0.467. The third-order valence-electron chi connectivity index (χ3n) is 2.81. The van der Waals surface area contributed by atoms with Crippen LogP contribution in [-0.2, 0) is 11.2 Å². The molecule has 5 nitrogen and oxygen atoms in total. The summed E-state index contributed by atoms with van der Waals surface area (Å²) in [4.78, 5) is 22.7. The molecular formula is C15H22N2O3. The van der Waals surface area contributed by atoms with Crippen LogP contribution in [-0.4, -0.2) is 23.1 Å². The molecule has 0 bridgehead atoms. The van der Waals surface area contributed by atoms with Crippen LogP contribution in [0.2, 0.25) is 0 Å². The average Bonchev–Trinajstić information content (AvgIpc) is 2.29. The maximum absolute atomic E-state index is 11.9. The summed E-state index contributed by atoms with van der Waals surface area (Å²) >= 11 is 0. The summed E-state index contributed by atoms with van der Waals surface area (Å²) in [5.41, 5.74) is 1.12. The van der Waals surface area contributed by atoms with Gasteiger partial charge in [0, 0.05) is 11.7 Å². The van der Waals surface area contributed by atoms with E-state index in [1.165, 1.54) is 0 Å². The first-order valence-corrected chi connectivity index (χ1v) is 6.75. The zero-order valence-electron chi connectivity index (χ0n) is 12.1. The molecule has 3 N–H and O–H groups in total. The third-order valence-corrected chi connectivity index (χ3v) is 2.81. The molecule has 0 aliphatic rings. The van der Waals surface area contributed by atoms with Crippen molar-refractivity contribution in [1.82, 2.24) is 5.32 Å². The molecule has 0 heterocycles. The summed E-state index contributed by atoms with van der Waals surface area (Å²) in [6.07, 6.45) is 0.780. The van der Waals surface area contributed by atoms with Crippen LogP contribution in [0.4, 0.5) is 10.5 Å². The number of aliphatic carboxylic acids is 1. The number of amides is 2. The second kappa shape index (κ2) is 7.53. The van der Waals surface area contributed by atoms with Crippen LogP contribution in [0.1, 0.15) is 32.8 Å². The molecule has 1 rings (SSSR count). The van der Waals surface area contributed by atoms with Gasteiger partial charge in [0.25, 0.3) is 0 Å². The molecule has 0 saturated heterocycles. The largest absolute Gasteiger partial charge is 0.481 e. The van der Waals surface area contributed by atoms with Gasteiger partial charge in [0.1, 0.15) is 0 Å². The summed E-state index contributed by atoms with van der Waals surface area (Å²) < 4.78 is 0. The van der Waals surface area contributed by atoms with E-state index >= 15 is 0 Å². The van der Waals surface area contributed by atoms with Crippen molar-refractivity contribution in [3.63, 3.8) is 0 Å². The van der Waals surface area contributed by atoms with E-state index in [9.17, 15) is 9.59 Å². The van der Waals surface area contributed by atoms with Gasteiger partial charge in [0.2, 0.25) is 0 Å². The summed E-state index contributed by atoms with van der Waals surface area (Å²) in [7, 11) is 0. The minimum atomic E-state index is -0.923. The third kappa shape index (κ3) is 5.73. The van der Waals surface area contributed by atoms with E-state index in [1.54, 1.807) is 24.3 Å². The average molecular weight is 278 g/mol. The number of carbonyl (C=O) groups excluding carboxylic acids is 1. The lowest BCUT2D eigenvalue weighted by Gasteiger charge is -2.17. The topological polar surface area (TPSA) is 78.4 Å². The Kier molecular flexibility index (Phi) is 6.03. The maximum atomic E-state index is 11.9. The van der Waals surface area contributed by atoms with Crippen molar-refractivity contribution in [3.8, 4) is 0 Å². The second-order valence-electron chi connectivity index (χ2n) is 5.36. The van der Waals surface area contributed by atoms with Gasteiger partial charge in [-0.2, -0.15) is 0 Å². The number of anilines is 1. The van der Waals surface area contributed by atoms with E-state index in [1.807, 2.05) is 6.92 Å². The quantitative estimate of drug-likeness (QED) is 0.748. The van der Waals surface area contributed by atoms with Gasteiger partial charge in [-0.25, -0.2) is 4.79 Å². The lowest BCUT2D eigenvalue weighted by atomic mass is 10.1. The number of carboxylic acids is 1. The van der Waals surface area contributed by atoms with Crippen molar-refractivity contribution in [2.75, 3.05) is 5.32 Å². The van der Waals surface area contributed by atoms with Crippen molar-refractivity contribution in [3.05, 3.63) is 29.8 Å². The maximum Gasteiger partial charge on any atom is 0.319 e. The smallest absolute Gasteiger partial charge is 0.319 e. The van der Waals surface area contributed by atoms with E-state index in [0.29, 0.717) is 17.2 Å². The first-order valence-electron chi connectivity index (χ1n) is 6.75. The molecule has 110 valence electrons. The summed E-state index contributed by atoms with van der Waals surface area (Å²) in [6, 6.07) is 6.67. The van der Waals surface area contributed by atoms with Gasteiger partial charge in [-0.15, -0.1) is 0 Å². The van der Waals surface area contributed by atoms with Crippen LogP contribution >= 0.6 is 0 Å². The zero-order valence-corrected chi connectivity index (χ0v) is 12.1. The van der Waals surface area contributed by atoms with Crippen LogP contribution in [0.5, 0.6) is 0 Å². The first-order chi connectivity index (χ1) is 9.38. The van der Waals surface area contributed by atoms with E-state index in [-0.39, 0.29) is 18.5 Å². The molecular weight excluding hydrogens is 256 g/mol. The summed E-state index contributed by atoms with van der Waals surface area (Å²) in [5.74, 6) is -0.419. The first kappa shape index (κ1) is 16.0. The molecule has 1 unspecified atom stereocenters. The van der Waals surface area contributed by atoms with Crippen LogP contribution < -0.4 is 10.6 Å². The number of para-hydroxylation sites is 1. The van der Waals surface area contributed by atoms with Gasteiger partial charge in [-0.1, -0.05) is 32.0 Å². The molecule has 0 saturated carbocycles. The van der Waals surface area contributed by atoms with E-state index in [0.717, 1.165) is 6.42 Å². The summed E-state index contributed by atoms with van der Waals surface area (Å²) in [6.45, 7) is 6.14. The zero-order chi connectivity index (χ0) is 15.1. The Balaban J connectivity index is 2.64. The lowest BCUT2D eigenvalue weighted by molar-refractivity contribution is -0.136. The van der Waals surface area contributed by atoms with Gasteiger partial charge >= 0.3 is 12.0 Å². The minimum Gasteiger partial charge on any atom is -0.481 e. The lowest BCUT2D eigenvalue weighted by Crippen LogP contribution is -2.37. The van der Waals surface area contributed by atoms with E-state index in [4.69, 9.17) is 5.11 Å². The molecule has 1 aromatic carbocycles. The number of nitrogens with one attached hydrogen (secondary N) is 2. The molecule has 20 heavy (non-hydrogen) atoms. The standard InChI is InChI=1S/C15H22N2O3/c1-10(2)8-11(3)16-15(20)17-13-7-5-4-6-12(13)9-14(18)19/h4-7,10-11H,8-9H2,1-3H3,(H,18,19)(H2,16,17,20). The molecule has 1 atom stereocenters. The highest BCUT2D eigenvalue weighted by molar-refractivity contribution is 5.91. The molecule has 0 aliphatic heterocycles. The number of hydrogen-bond acceptors (Lipinski definition) is 2. The van der Waals surface area contributed by atoms with Crippen LogP contribution in [0.15, 0.2) is 24.3 Å². The molecule has 0 aromatic heterocycles. The number of urea groups is 1. The Bertz CT molecular complexity index is 472. The molecule has 0 radical (unpaired) electrons. The molecule has 2 amide bonds. The summed E-state index contributed by atoms with van der Waals surface area (Å²) in [5, 5.41) is 14.4. The minimum absolute atomic E-state index is 0.0710. The highest BCUT2D eigenvalue weighted by atomic mass is 16.4. The molecule has 5 heteroatoms.